The molecule has 0 aliphatic carbocycles. The van der Waals surface area contributed by atoms with Crippen molar-refractivity contribution in [3.05, 3.63) is 52.8 Å². The Kier molecular flexibility index (Phi) is 3.61. The highest BCUT2D eigenvalue weighted by Crippen LogP contribution is 2.24. The molecule has 0 unspecified atom stereocenters. The summed E-state index contributed by atoms with van der Waals surface area (Å²) in [5.41, 5.74) is 3.33. The first-order valence-electron chi connectivity index (χ1n) is 7.58. The molecule has 3 heterocycles. The van der Waals surface area contributed by atoms with Crippen LogP contribution < -0.4 is 4.90 Å². The van der Waals surface area contributed by atoms with Crippen LogP contribution in [0.25, 0.3) is 11.1 Å². The average Bonchev–Trinajstić information content (AvgIpc) is 3.12. The molecular weight excluding hydrogens is 358 g/mol. The second-order valence-electron chi connectivity index (χ2n) is 5.63. The Balaban J connectivity index is 1.45. The van der Waals surface area contributed by atoms with Crippen molar-refractivity contribution in [2.45, 2.75) is 0 Å². The van der Waals surface area contributed by atoms with Crippen molar-refractivity contribution in [1.29, 1.82) is 0 Å². The van der Waals surface area contributed by atoms with Crippen LogP contribution in [-0.2, 0) is 0 Å². The van der Waals surface area contributed by atoms with Crippen LogP contribution in [-0.4, -0.2) is 42.0 Å². The van der Waals surface area contributed by atoms with Crippen LogP contribution in [0.4, 0.5) is 5.69 Å². The number of aromatic amines is 1. The molecule has 1 amide bonds. The van der Waals surface area contributed by atoms with Gasteiger partial charge in [-0.2, -0.15) is 0 Å². The van der Waals surface area contributed by atoms with Gasteiger partial charge in [0, 0.05) is 44.0 Å². The van der Waals surface area contributed by atoms with Crippen LogP contribution in [0.5, 0.6) is 0 Å². The molecule has 0 saturated carbocycles. The van der Waals surface area contributed by atoms with Crippen LogP contribution in [0.3, 0.4) is 0 Å². The molecule has 3 aromatic rings. The smallest absolute Gasteiger partial charge is 0.270 e. The van der Waals surface area contributed by atoms with Crippen molar-refractivity contribution >= 4 is 38.6 Å². The lowest BCUT2D eigenvalue weighted by molar-refractivity contribution is 0.0742. The summed E-state index contributed by atoms with van der Waals surface area (Å²) in [6.07, 6.45) is 0. The molecule has 4 rings (SSSR count). The van der Waals surface area contributed by atoms with Crippen molar-refractivity contribution in [3.63, 3.8) is 0 Å². The standard InChI is InChI=1S/C17H16BrN3O2/c18-16-11-13-15(23-16)10-14(19-13)17(22)21-8-6-20(7-9-21)12-4-2-1-3-5-12/h1-5,10-11,19H,6-9H2. The van der Waals surface area contributed by atoms with E-state index in [9.17, 15) is 4.79 Å². The molecule has 0 spiro atoms. The predicted octanol–water partition coefficient (Wildman–Crippen LogP) is 3.49. The highest BCUT2D eigenvalue weighted by atomic mass is 79.9. The maximum atomic E-state index is 12.6. The number of rotatable bonds is 2. The molecule has 1 aliphatic rings. The number of amides is 1. The number of para-hydroxylation sites is 1. The monoisotopic (exact) mass is 373 g/mol. The fourth-order valence-electron chi connectivity index (χ4n) is 2.98. The van der Waals surface area contributed by atoms with Gasteiger partial charge in [-0.1, -0.05) is 18.2 Å². The topological polar surface area (TPSA) is 52.5 Å². The van der Waals surface area contributed by atoms with E-state index in [0.717, 1.165) is 31.7 Å². The Morgan fingerprint density at radius 2 is 1.83 bits per heavy atom. The van der Waals surface area contributed by atoms with E-state index in [1.54, 1.807) is 6.07 Å². The third-order valence-corrected chi connectivity index (χ3v) is 4.58. The Hall–Kier alpha value is -2.21. The van der Waals surface area contributed by atoms with Crippen LogP contribution >= 0.6 is 15.9 Å². The van der Waals surface area contributed by atoms with Crippen molar-refractivity contribution < 1.29 is 9.21 Å². The molecule has 2 aromatic heterocycles. The number of anilines is 1. The van der Waals surface area contributed by atoms with Gasteiger partial charge in [-0.05, 0) is 28.1 Å². The third kappa shape index (κ3) is 2.74. The number of carbonyl (C=O) groups excluding carboxylic acids is 1. The van der Waals surface area contributed by atoms with Gasteiger partial charge in [0.1, 0.15) is 5.69 Å². The normalized spacial score (nSPS) is 15.3. The number of furan rings is 1. The number of piperazine rings is 1. The zero-order valence-electron chi connectivity index (χ0n) is 12.5. The molecular formula is C17H16BrN3O2. The Morgan fingerprint density at radius 3 is 2.52 bits per heavy atom. The maximum Gasteiger partial charge on any atom is 0.270 e. The summed E-state index contributed by atoms with van der Waals surface area (Å²) in [6.45, 7) is 3.13. The number of benzene rings is 1. The lowest BCUT2D eigenvalue weighted by Crippen LogP contribution is -2.48. The molecule has 23 heavy (non-hydrogen) atoms. The molecule has 1 aliphatic heterocycles. The number of aromatic nitrogens is 1. The van der Waals surface area contributed by atoms with Crippen molar-refractivity contribution in [2.75, 3.05) is 31.1 Å². The molecule has 1 aromatic carbocycles. The molecule has 1 fully saturated rings. The summed E-state index contributed by atoms with van der Waals surface area (Å²) in [4.78, 5) is 19.9. The van der Waals surface area contributed by atoms with Crippen molar-refractivity contribution in [1.82, 2.24) is 9.88 Å². The van der Waals surface area contributed by atoms with Gasteiger partial charge in [-0.25, -0.2) is 0 Å². The number of hydrogen-bond acceptors (Lipinski definition) is 3. The van der Waals surface area contributed by atoms with Gasteiger partial charge in [0.2, 0.25) is 0 Å². The van der Waals surface area contributed by atoms with Crippen LogP contribution in [0.2, 0.25) is 0 Å². The van der Waals surface area contributed by atoms with Crippen molar-refractivity contribution in [3.8, 4) is 0 Å². The number of carbonyl (C=O) groups is 1. The lowest BCUT2D eigenvalue weighted by atomic mass is 10.2. The summed E-state index contributed by atoms with van der Waals surface area (Å²) < 4.78 is 6.13. The third-order valence-electron chi connectivity index (χ3n) is 4.19. The van der Waals surface area contributed by atoms with E-state index >= 15 is 0 Å². The van der Waals surface area contributed by atoms with E-state index < -0.39 is 0 Å². The van der Waals surface area contributed by atoms with Gasteiger partial charge in [0.15, 0.2) is 10.3 Å². The molecule has 5 nitrogen and oxygen atoms in total. The number of hydrogen-bond donors (Lipinski definition) is 1. The fraction of sp³-hybridized carbons (Fsp3) is 0.235. The second-order valence-corrected chi connectivity index (χ2v) is 6.41. The van der Waals surface area contributed by atoms with E-state index in [1.807, 2.05) is 29.2 Å². The van der Waals surface area contributed by atoms with Gasteiger partial charge in [0.25, 0.3) is 5.91 Å². The fourth-order valence-corrected chi connectivity index (χ4v) is 3.39. The minimum atomic E-state index is 0.0280. The number of nitrogens with zero attached hydrogens (tertiary/aromatic N) is 2. The zero-order valence-corrected chi connectivity index (χ0v) is 14.0. The number of H-pyrrole nitrogens is 1. The summed E-state index contributed by atoms with van der Waals surface area (Å²) in [5, 5.41) is 0. The first-order valence-corrected chi connectivity index (χ1v) is 8.37. The van der Waals surface area contributed by atoms with E-state index in [1.165, 1.54) is 5.69 Å². The SMILES string of the molecule is O=C(c1cc2oc(Br)cc2[nH]1)N1CCN(c2ccccc2)CC1. The number of fused-ring (bicyclic) bond motifs is 1. The minimum absolute atomic E-state index is 0.0280. The molecule has 0 radical (unpaired) electrons. The molecule has 6 heteroatoms. The van der Waals surface area contributed by atoms with Gasteiger partial charge < -0.3 is 19.2 Å². The van der Waals surface area contributed by atoms with Crippen LogP contribution in [0.15, 0.2) is 51.6 Å². The summed E-state index contributed by atoms with van der Waals surface area (Å²) in [5.74, 6) is 0.0280. The molecule has 1 saturated heterocycles. The summed E-state index contributed by atoms with van der Waals surface area (Å²) >= 11 is 3.28. The molecule has 0 atom stereocenters. The molecule has 0 bridgehead atoms. The number of halogens is 1. The maximum absolute atomic E-state index is 12.6. The summed E-state index contributed by atoms with van der Waals surface area (Å²) in [7, 11) is 0. The zero-order chi connectivity index (χ0) is 15.8. The van der Waals surface area contributed by atoms with E-state index in [2.05, 4.69) is 37.9 Å². The lowest BCUT2D eigenvalue weighted by Gasteiger charge is -2.35. The largest absolute Gasteiger partial charge is 0.448 e. The highest BCUT2D eigenvalue weighted by molar-refractivity contribution is 9.10. The van der Waals surface area contributed by atoms with Gasteiger partial charge in [-0.15, -0.1) is 0 Å². The Labute approximate surface area is 142 Å². The first-order chi connectivity index (χ1) is 11.2. The van der Waals surface area contributed by atoms with Gasteiger partial charge in [0.05, 0.1) is 5.52 Å². The van der Waals surface area contributed by atoms with E-state index in [-0.39, 0.29) is 5.91 Å². The molecule has 1 N–H and O–H groups in total. The first kappa shape index (κ1) is 14.4. The van der Waals surface area contributed by atoms with E-state index in [0.29, 0.717) is 15.9 Å². The minimum Gasteiger partial charge on any atom is -0.448 e. The summed E-state index contributed by atoms with van der Waals surface area (Å²) in [6, 6.07) is 13.9. The molecule has 118 valence electrons. The Morgan fingerprint density at radius 1 is 1.09 bits per heavy atom. The van der Waals surface area contributed by atoms with Crippen LogP contribution in [0.1, 0.15) is 10.5 Å². The quantitative estimate of drug-likeness (QED) is 0.747. The second kappa shape index (κ2) is 5.77. The van der Waals surface area contributed by atoms with Gasteiger partial charge in [-0.3, -0.25) is 4.79 Å². The predicted molar refractivity (Wildman–Crippen MR) is 92.8 cm³/mol. The average molecular weight is 374 g/mol. The number of nitrogens with one attached hydrogen (secondary N) is 1. The van der Waals surface area contributed by atoms with Gasteiger partial charge >= 0.3 is 0 Å². The van der Waals surface area contributed by atoms with E-state index in [4.69, 9.17) is 4.42 Å². The Bertz CT molecular complexity index is 801. The van der Waals surface area contributed by atoms with Crippen LogP contribution in [0, 0.1) is 0 Å². The highest BCUT2D eigenvalue weighted by Gasteiger charge is 2.24. The van der Waals surface area contributed by atoms with Crippen molar-refractivity contribution in [2.24, 2.45) is 0 Å².